The first-order valence-electron chi connectivity index (χ1n) is 3.28. The highest BCUT2D eigenvalue weighted by atomic mass is 16.2. The zero-order valence-corrected chi connectivity index (χ0v) is 5.50. The Morgan fingerprint density at radius 1 is 1.60 bits per heavy atom. The number of amides is 1. The molecule has 1 N–H and O–H groups in total. The van der Waals surface area contributed by atoms with Crippen LogP contribution < -0.4 is 5.32 Å². The number of hydrogen-bond acceptors (Lipinski definition) is 2. The Labute approximate surface area is 59.0 Å². The number of nitrogens with one attached hydrogen (secondary N) is 1. The molecule has 0 aromatic rings. The second-order valence-corrected chi connectivity index (χ2v) is 2.41. The van der Waals surface area contributed by atoms with E-state index in [0.29, 0.717) is 6.54 Å². The minimum atomic E-state index is 0.0925. The van der Waals surface area contributed by atoms with Crippen LogP contribution in [-0.2, 0) is 4.79 Å². The molecule has 0 bridgehead atoms. The predicted molar refractivity (Wildman–Crippen MR) is 36.9 cm³/mol. The van der Waals surface area contributed by atoms with Crippen molar-refractivity contribution < 1.29 is 4.79 Å². The van der Waals surface area contributed by atoms with E-state index in [1.807, 2.05) is 23.1 Å². The zero-order valence-electron chi connectivity index (χ0n) is 5.50. The Kier molecular flexibility index (Phi) is 1.03. The van der Waals surface area contributed by atoms with Crippen LogP contribution in [0.4, 0.5) is 0 Å². The van der Waals surface area contributed by atoms with Crippen LogP contribution >= 0.6 is 0 Å². The summed E-state index contributed by atoms with van der Waals surface area (Å²) < 4.78 is 0. The lowest BCUT2D eigenvalue weighted by molar-refractivity contribution is -0.118. The smallest absolute Gasteiger partial charge is 0.245 e. The Balaban J connectivity index is 2.26. The van der Waals surface area contributed by atoms with Gasteiger partial charge in [0, 0.05) is 6.54 Å². The van der Waals surface area contributed by atoms with Crippen LogP contribution in [0.2, 0.25) is 0 Å². The number of carbonyl (C=O) groups is 1. The van der Waals surface area contributed by atoms with E-state index in [1.54, 1.807) is 0 Å². The SMILES string of the molecule is O=C1CN2CC=CC=C2N1. The average Bonchev–Trinajstić information content (AvgIpc) is 2.27. The lowest BCUT2D eigenvalue weighted by Gasteiger charge is -2.17. The fourth-order valence-corrected chi connectivity index (χ4v) is 1.18. The van der Waals surface area contributed by atoms with Gasteiger partial charge in [-0.3, -0.25) is 4.79 Å². The standard InChI is InChI=1S/C7H8N2O/c10-7-5-9-4-2-1-3-6(9)8-7/h1-3H,4-5H2,(H,8,10). The monoisotopic (exact) mass is 136 g/mol. The van der Waals surface area contributed by atoms with E-state index in [9.17, 15) is 4.79 Å². The topological polar surface area (TPSA) is 32.3 Å². The molecule has 0 spiro atoms. The maximum atomic E-state index is 10.8. The highest BCUT2D eigenvalue weighted by Gasteiger charge is 2.22. The second-order valence-electron chi connectivity index (χ2n) is 2.41. The molecule has 2 rings (SSSR count). The number of hydrogen-bond donors (Lipinski definition) is 1. The third-order valence-corrected chi connectivity index (χ3v) is 1.66. The minimum Gasteiger partial charge on any atom is -0.345 e. The number of fused-ring (bicyclic) bond motifs is 1. The lowest BCUT2D eigenvalue weighted by atomic mass is 10.3. The van der Waals surface area contributed by atoms with Crippen molar-refractivity contribution in [3.63, 3.8) is 0 Å². The minimum absolute atomic E-state index is 0.0925. The van der Waals surface area contributed by atoms with Gasteiger partial charge < -0.3 is 10.2 Å². The van der Waals surface area contributed by atoms with Gasteiger partial charge in [-0.05, 0) is 6.08 Å². The van der Waals surface area contributed by atoms with Gasteiger partial charge in [0.25, 0.3) is 0 Å². The first-order chi connectivity index (χ1) is 4.86. The quantitative estimate of drug-likeness (QED) is 0.501. The van der Waals surface area contributed by atoms with Crippen LogP contribution in [0.5, 0.6) is 0 Å². The Bertz CT molecular complexity index is 230. The third kappa shape index (κ3) is 0.708. The predicted octanol–water partition coefficient (Wildman–Crippen LogP) is -0.171. The molecule has 0 unspecified atom stereocenters. The molecular formula is C7H8N2O. The molecule has 0 aliphatic carbocycles. The Hall–Kier alpha value is -1.25. The van der Waals surface area contributed by atoms with Crippen molar-refractivity contribution >= 4 is 5.91 Å². The third-order valence-electron chi connectivity index (χ3n) is 1.66. The molecule has 1 saturated heterocycles. The van der Waals surface area contributed by atoms with E-state index in [1.165, 1.54) is 0 Å². The molecule has 52 valence electrons. The summed E-state index contributed by atoms with van der Waals surface area (Å²) in [5, 5.41) is 2.75. The molecule has 0 radical (unpaired) electrons. The van der Waals surface area contributed by atoms with Crippen molar-refractivity contribution in [3.05, 3.63) is 24.0 Å². The molecule has 0 aromatic heterocycles. The maximum Gasteiger partial charge on any atom is 0.245 e. The van der Waals surface area contributed by atoms with Crippen LogP contribution in [0.25, 0.3) is 0 Å². The van der Waals surface area contributed by atoms with Gasteiger partial charge in [0.2, 0.25) is 5.91 Å². The van der Waals surface area contributed by atoms with Crippen LogP contribution in [0, 0.1) is 0 Å². The van der Waals surface area contributed by atoms with E-state index in [0.717, 1.165) is 12.4 Å². The van der Waals surface area contributed by atoms with Crippen molar-refractivity contribution in [1.29, 1.82) is 0 Å². The maximum absolute atomic E-state index is 10.8. The second kappa shape index (κ2) is 1.87. The fraction of sp³-hybridized carbons (Fsp3) is 0.286. The van der Waals surface area contributed by atoms with Crippen molar-refractivity contribution in [1.82, 2.24) is 10.2 Å². The summed E-state index contributed by atoms with van der Waals surface area (Å²) >= 11 is 0. The first-order valence-corrected chi connectivity index (χ1v) is 3.28. The van der Waals surface area contributed by atoms with Gasteiger partial charge in [-0.25, -0.2) is 0 Å². The van der Waals surface area contributed by atoms with E-state index >= 15 is 0 Å². The molecule has 3 heteroatoms. The van der Waals surface area contributed by atoms with E-state index < -0.39 is 0 Å². The Morgan fingerprint density at radius 2 is 2.50 bits per heavy atom. The summed E-state index contributed by atoms with van der Waals surface area (Å²) in [6.45, 7) is 1.36. The number of nitrogens with zero attached hydrogens (tertiary/aromatic N) is 1. The van der Waals surface area contributed by atoms with E-state index in [2.05, 4.69) is 5.32 Å². The molecule has 2 aliphatic rings. The van der Waals surface area contributed by atoms with Gasteiger partial charge in [0.15, 0.2) is 0 Å². The number of allylic oxidation sites excluding steroid dienone is 2. The normalized spacial score (nSPS) is 22.2. The van der Waals surface area contributed by atoms with E-state index in [4.69, 9.17) is 0 Å². The number of rotatable bonds is 0. The molecule has 0 aromatic carbocycles. The largest absolute Gasteiger partial charge is 0.345 e. The molecule has 2 heterocycles. The molecule has 10 heavy (non-hydrogen) atoms. The van der Waals surface area contributed by atoms with Crippen molar-refractivity contribution in [2.75, 3.05) is 13.1 Å². The van der Waals surface area contributed by atoms with Gasteiger partial charge in [0.1, 0.15) is 5.82 Å². The van der Waals surface area contributed by atoms with Crippen molar-refractivity contribution in [2.45, 2.75) is 0 Å². The van der Waals surface area contributed by atoms with Crippen LogP contribution in [0.1, 0.15) is 0 Å². The van der Waals surface area contributed by atoms with E-state index in [-0.39, 0.29) is 5.91 Å². The molecule has 3 nitrogen and oxygen atoms in total. The molecular weight excluding hydrogens is 128 g/mol. The van der Waals surface area contributed by atoms with Gasteiger partial charge in [0.05, 0.1) is 6.54 Å². The zero-order chi connectivity index (χ0) is 6.97. The van der Waals surface area contributed by atoms with Crippen molar-refractivity contribution in [2.24, 2.45) is 0 Å². The first kappa shape index (κ1) is 5.53. The number of carbonyl (C=O) groups excluding carboxylic acids is 1. The Morgan fingerprint density at radius 3 is 3.30 bits per heavy atom. The molecule has 1 amide bonds. The van der Waals surface area contributed by atoms with Crippen LogP contribution in [0.15, 0.2) is 24.0 Å². The van der Waals surface area contributed by atoms with Crippen molar-refractivity contribution in [3.8, 4) is 0 Å². The average molecular weight is 136 g/mol. The summed E-state index contributed by atoms with van der Waals surface area (Å²) in [4.78, 5) is 12.8. The van der Waals surface area contributed by atoms with Gasteiger partial charge in [-0.2, -0.15) is 0 Å². The van der Waals surface area contributed by atoms with Crippen LogP contribution in [-0.4, -0.2) is 23.9 Å². The highest BCUT2D eigenvalue weighted by molar-refractivity contribution is 5.83. The summed E-state index contributed by atoms with van der Waals surface area (Å²) in [7, 11) is 0. The molecule has 0 saturated carbocycles. The highest BCUT2D eigenvalue weighted by Crippen LogP contribution is 2.10. The van der Waals surface area contributed by atoms with Crippen LogP contribution in [0.3, 0.4) is 0 Å². The molecule has 0 atom stereocenters. The lowest BCUT2D eigenvalue weighted by Crippen LogP contribution is -2.21. The van der Waals surface area contributed by atoms with Gasteiger partial charge >= 0.3 is 0 Å². The summed E-state index contributed by atoms with van der Waals surface area (Å²) in [6.07, 6.45) is 5.90. The van der Waals surface area contributed by atoms with Gasteiger partial charge in [-0.1, -0.05) is 12.2 Å². The summed E-state index contributed by atoms with van der Waals surface area (Å²) in [5.41, 5.74) is 0. The summed E-state index contributed by atoms with van der Waals surface area (Å²) in [6, 6.07) is 0. The van der Waals surface area contributed by atoms with Gasteiger partial charge in [-0.15, -0.1) is 0 Å². The molecule has 2 aliphatic heterocycles. The molecule has 1 fully saturated rings. The fourth-order valence-electron chi connectivity index (χ4n) is 1.18. The summed E-state index contributed by atoms with van der Waals surface area (Å²) in [5.74, 6) is 1.03.